The fraction of sp³-hybridized carbons (Fsp3) is 0.353. The Morgan fingerprint density at radius 1 is 1.21 bits per heavy atom. The van der Waals surface area contributed by atoms with Crippen LogP contribution in [0.3, 0.4) is 0 Å². The number of aromatic amines is 1. The van der Waals surface area contributed by atoms with Crippen molar-refractivity contribution in [1.82, 2.24) is 19.7 Å². The number of H-pyrrole nitrogens is 1. The minimum absolute atomic E-state index is 0.0435. The zero-order valence-electron chi connectivity index (χ0n) is 16.0. The maximum atomic E-state index is 12.7. The van der Waals surface area contributed by atoms with Crippen LogP contribution in [0, 0.1) is 20.2 Å². The Labute approximate surface area is 163 Å². The number of ether oxygens (including phenoxy) is 1. The van der Waals surface area contributed by atoms with Crippen LogP contribution in [0.25, 0.3) is 22.4 Å². The maximum absolute atomic E-state index is 12.7. The highest BCUT2D eigenvalue weighted by Gasteiger charge is 2.28. The van der Waals surface area contributed by atoms with Crippen LogP contribution in [0.1, 0.15) is 26.0 Å². The molecule has 0 unspecified atom stereocenters. The molecule has 0 amide bonds. The van der Waals surface area contributed by atoms with E-state index in [0.717, 1.165) is 18.6 Å². The van der Waals surface area contributed by atoms with Crippen molar-refractivity contribution < 1.29 is 14.6 Å². The van der Waals surface area contributed by atoms with Gasteiger partial charge in [0, 0.05) is 13.1 Å². The lowest BCUT2D eigenvalue weighted by atomic mass is 10.1. The molecule has 0 aliphatic carbocycles. The first-order valence-electron chi connectivity index (χ1n) is 8.84. The molecule has 0 saturated heterocycles. The first-order valence-corrected chi connectivity index (χ1v) is 8.84. The van der Waals surface area contributed by atoms with Gasteiger partial charge in [-0.05, 0) is 13.3 Å². The van der Waals surface area contributed by atoms with Crippen molar-refractivity contribution >= 4 is 22.4 Å². The monoisotopic (exact) mass is 402 g/mol. The Morgan fingerprint density at radius 2 is 1.93 bits per heavy atom. The van der Waals surface area contributed by atoms with Gasteiger partial charge in [-0.3, -0.25) is 29.7 Å². The molecule has 0 aliphatic heterocycles. The summed E-state index contributed by atoms with van der Waals surface area (Å²) in [5.41, 5.74) is -0.483. The Morgan fingerprint density at radius 3 is 2.52 bits per heavy atom. The summed E-state index contributed by atoms with van der Waals surface area (Å²) in [5.74, 6) is -0.269. The van der Waals surface area contributed by atoms with Crippen molar-refractivity contribution in [3.63, 3.8) is 0 Å². The second-order valence-corrected chi connectivity index (χ2v) is 6.22. The highest BCUT2D eigenvalue weighted by atomic mass is 16.6. The quantitative estimate of drug-likeness (QED) is 0.466. The SMILES string of the molecule is CCCc1nn(C)c2c(=O)[nH]c(-c3cc([N+](=O)[O-])cc([N+](=O)[O-])c3OCC)nc12. The van der Waals surface area contributed by atoms with Crippen LogP contribution in [0.5, 0.6) is 5.75 Å². The van der Waals surface area contributed by atoms with Gasteiger partial charge in [0.2, 0.25) is 5.75 Å². The Hall–Kier alpha value is -3.83. The lowest BCUT2D eigenvalue weighted by Gasteiger charge is -2.10. The van der Waals surface area contributed by atoms with E-state index in [1.807, 2.05) is 6.92 Å². The molecule has 152 valence electrons. The van der Waals surface area contributed by atoms with Crippen molar-refractivity contribution in [2.24, 2.45) is 7.05 Å². The van der Waals surface area contributed by atoms with Gasteiger partial charge in [-0.15, -0.1) is 0 Å². The van der Waals surface area contributed by atoms with Crippen molar-refractivity contribution in [1.29, 1.82) is 0 Å². The molecule has 3 aromatic rings. The van der Waals surface area contributed by atoms with Gasteiger partial charge >= 0.3 is 5.69 Å². The summed E-state index contributed by atoms with van der Waals surface area (Å²) in [6.07, 6.45) is 1.34. The number of nitrogens with zero attached hydrogens (tertiary/aromatic N) is 5. The maximum Gasteiger partial charge on any atom is 0.318 e. The van der Waals surface area contributed by atoms with Gasteiger partial charge in [0.25, 0.3) is 11.2 Å². The molecule has 12 heteroatoms. The molecular formula is C17H18N6O6. The van der Waals surface area contributed by atoms with Crippen LogP contribution in [0.2, 0.25) is 0 Å². The highest BCUT2D eigenvalue weighted by molar-refractivity contribution is 5.81. The minimum atomic E-state index is -0.773. The fourth-order valence-electron chi connectivity index (χ4n) is 3.09. The number of nitro benzene ring substituents is 2. The van der Waals surface area contributed by atoms with Gasteiger partial charge in [0.15, 0.2) is 5.52 Å². The van der Waals surface area contributed by atoms with Crippen LogP contribution in [-0.4, -0.2) is 36.2 Å². The molecular weight excluding hydrogens is 384 g/mol. The second-order valence-electron chi connectivity index (χ2n) is 6.22. The first kappa shape index (κ1) is 19.9. The summed E-state index contributed by atoms with van der Waals surface area (Å²) in [5, 5.41) is 27.1. The number of nitro groups is 2. The number of aryl methyl sites for hydroxylation is 2. The van der Waals surface area contributed by atoms with Gasteiger partial charge in [0.05, 0.1) is 33.8 Å². The molecule has 12 nitrogen and oxygen atoms in total. The van der Waals surface area contributed by atoms with Gasteiger partial charge in [-0.25, -0.2) is 4.98 Å². The molecule has 0 aliphatic rings. The largest absolute Gasteiger partial charge is 0.487 e. The third-order valence-electron chi connectivity index (χ3n) is 4.25. The van der Waals surface area contributed by atoms with Gasteiger partial charge in [0.1, 0.15) is 11.3 Å². The van der Waals surface area contributed by atoms with Crippen LogP contribution in [0.15, 0.2) is 16.9 Å². The van der Waals surface area contributed by atoms with E-state index in [0.29, 0.717) is 17.6 Å². The molecule has 2 aromatic heterocycles. The zero-order valence-corrected chi connectivity index (χ0v) is 16.0. The topological polar surface area (TPSA) is 159 Å². The lowest BCUT2D eigenvalue weighted by Crippen LogP contribution is -2.13. The number of fused-ring (bicyclic) bond motifs is 1. The van der Waals surface area contributed by atoms with Gasteiger partial charge < -0.3 is 9.72 Å². The number of benzene rings is 1. The Balaban J connectivity index is 2.38. The summed E-state index contributed by atoms with van der Waals surface area (Å²) in [7, 11) is 1.61. The van der Waals surface area contributed by atoms with E-state index in [1.54, 1.807) is 14.0 Å². The van der Waals surface area contributed by atoms with Crippen molar-refractivity contribution in [2.45, 2.75) is 26.7 Å². The number of non-ortho nitro benzene ring substituents is 1. The van der Waals surface area contributed by atoms with Crippen LogP contribution >= 0.6 is 0 Å². The Kier molecular flexibility index (Phi) is 5.26. The smallest absolute Gasteiger partial charge is 0.318 e. The number of aromatic nitrogens is 4. The standard InChI is InChI=1S/C17H18N6O6/c1-4-6-11-13-14(21(3)20-11)17(24)19-16(18-13)10-7-9(22(25)26)8-12(23(27)28)15(10)29-5-2/h7-8H,4-6H2,1-3H3,(H,18,19,24). The van der Waals surface area contributed by atoms with E-state index >= 15 is 0 Å². The molecule has 0 bridgehead atoms. The third kappa shape index (κ3) is 3.51. The van der Waals surface area contributed by atoms with Gasteiger partial charge in [-0.2, -0.15) is 5.10 Å². The molecule has 0 radical (unpaired) electrons. The van der Waals surface area contributed by atoms with E-state index in [1.165, 1.54) is 4.68 Å². The summed E-state index contributed by atoms with van der Waals surface area (Å²) >= 11 is 0. The normalized spacial score (nSPS) is 11.0. The lowest BCUT2D eigenvalue weighted by molar-refractivity contribution is -0.394. The molecule has 1 N–H and O–H groups in total. The van der Waals surface area contributed by atoms with E-state index in [2.05, 4.69) is 15.1 Å². The average Bonchev–Trinajstić information content (AvgIpc) is 2.98. The van der Waals surface area contributed by atoms with E-state index in [-0.39, 0.29) is 29.3 Å². The molecule has 2 heterocycles. The average molecular weight is 402 g/mol. The predicted octanol–water partition coefficient (Wildman–Crippen LogP) is 2.49. The summed E-state index contributed by atoms with van der Waals surface area (Å²) < 4.78 is 6.82. The number of nitrogens with one attached hydrogen (secondary N) is 1. The van der Waals surface area contributed by atoms with Crippen LogP contribution in [-0.2, 0) is 13.5 Å². The number of rotatable bonds is 7. The molecule has 0 spiro atoms. The molecule has 0 fully saturated rings. The fourth-order valence-corrected chi connectivity index (χ4v) is 3.09. The van der Waals surface area contributed by atoms with Crippen LogP contribution in [0.4, 0.5) is 11.4 Å². The Bertz CT molecular complexity index is 1180. The molecule has 1 aromatic carbocycles. The van der Waals surface area contributed by atoms with Crippen molar-refractivity contribution in [3.8, 4) is 17.1 Å². The van der Waals surface area contributed by atoms with Gasteiger partial charge in [-0.1, -0.05) is 13.3 Å². The zero-order chi connectivity index (χ0) is 21.3. The predicted molar refractivity (Wildman–Crippen MR) is 103 cm³/mol. The number of hydrogen-bond acceptors (Lipinski definition) is 8. The second kappa shape index (κ2) is 7.66. The number of hydrogen-bond donors (Lipinski definition) is 1. The summed E-state index contributed by atoms with van der Waals surface area (Å²) in [6.45, 7) is 3.65. The first-order chi connectivity index (χ1) is 13.8. The molecule has 3 rings (SSSR count). The van der Waals surface area contributed by atoms with Crippen molar-refractivity contribution in [2.75, 3.05) is 6.61 Å². The minimum Gasteiger partial charge on any atom is -0.487 e. The molecule has 0 atom stereocenters. The van der Waals surface area contributed by atoms with E-state index in [9.17, 15) is 25.0 Å². The van der Waals surface area contributed by atoms with Crippen LogP contribution < -0.4 is 10.3 Å². The molecule has 29 heavy (non-hydrogen) atoms. The van der Waals surface area contributed by atoms with E-state index < -0.39 is 26.8 Å². The van der Waals surface area contributed by atoms with Crippen molar-refractivity contribution in [3.05, 3.63) is 48.4 Å². The summed E-state index contributed by atoms with van der Waals surface area (Å²) in [6, 6.07) is 1.91. The van der Waals surface area contributed by atoms with E-state index in [4.69, 9.17) is 4.74 Å². The summed E-state index contributed by atoms with van der Waals surface area (Å²) in [4.78, 5) is 40.9. The molecule has 0 saturated carbocycles. The highest BCUT2D eigenvalue weighted by Crippen LogP contribution is 2.40. The third-order valence-corrected chi connectivity index (χ3v) is 4.25.